The van der Waals surface area contributed by atoms with Crippen molar-refractivity contribution in [1.29, 1.82) is 0 Å². The summed E-state index contributed by atoms with van der Waals surface area (Å²) in [7, 11) is 1.47. The van der Waals surface area contributed by atoms with Gasteiger partial charge in [0.1, 0.15) is 5.57 Å². The Morgan fingerprint density at radius 1 is 1.25 bits per heavy atom. The van der Waals surface area contributed by atoms with E-state index in [0.29, 0.717) is 30.1 Å². The van der Waals surface area contributed by atoms with Crippen LogP contribution in [0.1, 0.15) is 30.9 Å². The van der Waals surface area contributed by atoms with E-state index in [2.05, 4.69) is 13.5 Å². The summed E-state index contributed by atoms with van der Waals surface area (Å²) in [5, 5.41) is 18.0. The molecule has 130 valence electrons. The Kier molecular flexibility index (Phi) is 7.55. The highest BCUT2D eigenvalue weighted by molar-refractivity contribution is 6.16. The Morgan fingerprint density at radius 2 is 1.92 bits per heavy atom. The summed E-state index contributed by atoms with van der Waals surface area (Å²) in [4.78, 5) is 22.1. The van der Waals surface area contributed by atoms with Crippen LogP contribution in [0.3, 0.4) is 0 Å². The number of carbonyl (C=O) groups is 2. The zero-order valence-electron chi connectivity index (χ0n) is 13.9. The Morgan fingerprint density at radius 3 is 2.42 bits per heavy atom. The first-order chi connectivity index (χ1) is 11.4. The monoisotopic (exact) mass is 334 g/mol. The minimum absolute atomic E-state index is 0.409. The third-order valence-electron chi connectivity index (χ3n) is 3.25. The maximum Gasteiger partial charge on any atom is 0.343 e. The second kappa shape index (κ2) is 9.39. The molecule has 2 N–H and O–H groups in total. The SMILES string of the molecule is C=CCc1cc(C=C(C(=O)O)C(=O)O)cc(OC)c1OCCCC. The van der Waals surface area contributed by atoms with E-state index < -0.39 is 17.5 Å². The van der Waals surface area contributed by atoms with Gasteiger partial charge in [0, 0.05) is 5.56 Å². The van der Waals surface area contributed by atoms with Crippen molar-refractivity contribution in [1.82, 2.24) is 0 Å². The molecule has 0 aliphatic rings. The van der Waals surface area contributed by atoms with Crippen LogP contribution in [-0.4, -0.2) is 35.9 Å². The molecular formula is C18H22O6. The molecule has 0 saturated carbocycles. The Bertz CT molecular complexity index is 629. The molecule has 1 aromatic carbocycles. The van der Waals surface area contributed by atoms with Gasteiger partial charge in [-0.3, -0.25) is 0 Å². The molecule has 1 rings (SSSR count). The molecule has 0 unspecified atom stereocenters. The number of benzene rings is 1. The van der Waals surface area contributed by atoms with Crippen LogP contribution < -0.4 is 9.47 Å². The minimum Gasteiger partial charge on any atom is -0.493 e. The summed E-state index contributed by atoms with van der Waals surface area (Å²) in [5.74, 6) is -2.02. The van der Waals surface area contributed by atoms with Crippen molar-refractivity contribution in [2.24, 2.45) is 0 Å². The van der Waals surface area contributed by atoms with Crippen LogP contribution in [0.15, 0.2) is 30.4 Å². The number of carboxylic acids is 2. The third-order valence-corrected chi connectivity index (χ3v) is 3.25. The number of aliphatic carboxylic acids is 2. The highest BCUT2D eigenvalue weighted by atomic mass is 16.5. The highest BCUT2D eigenvalue weighted by Gasteiger charge is 2.18. The first kappa shape index (κ1) is 19.3. The van der Waals surface area contributed by atoms with Crippen molar-refractivity contribution < 1.29 is 29.3 Å². The maximum atomic E-state index is 11.0. The minimum atomic E-state index is -1.50. The molecular weight excluding hydrogens is 312 g/mol. The van der Waals surface area contributed by atoms with Crippen LogP contribution in [0.5, 0.6) is 11.5 Å². The summed E-state index contributed by atoms with van der Waals surface area (Å²) in [6.07, 6.45) is 5.13. The molecule has 0 bridgehead atoms. The summed E-state index contributed by atoms with van der Waals surface area (Å²) < 4.78 is 11.1. The standard InChI is InChI=1S/C18H22O6/c1-4-6-8-24-16-13(7-5-2)9-12(11-15(16)23-3)10-14(17(19)20)18(21)22/h5,9-11H,2,4,6-8H2,1,3H3,(H,19,20)(H,21,22). The number of hydrogen-bond donors (Lipinski definition) is 2. The zero-order valence-corrected chi connectivity index (χ0v) is 13.9. The topological polar surface area (TPSA) is 93.1 Å². The van der Waals surface area contributed by atoms with E-state index in [-0.39, 0.29) is 0 Å². The first-order valence-electron chi connectivity index (χ1n) is 7.57. The number of rotatable bonds is 10. The molecule has 0 fully saturated rings. The molecule has 0 atom stereocenters. The summed E-state index contributed by atoms with van der Waals surface area (Å²) in [6, 6.07) is 3.23. The number of allylic oxidation sites excluding steroid dienone is 1. The van der Waals surface area contributed by atoms with Crippen molar-refractivity contribution >= 4 is 18.0 Å². The van der Waals surface area contributed by atoms with Crippen LogP contribution in [0, 0.1) is 0 Å². The fraction of sp³-hybridized carbons (Fsp3) is 0.333. The predicted molar refractivity (Wildman–Crippen MR) is 90.5 cm³/mol. The maximum absolute atomic E-state index is 11.0. The molecule has 0 heterocycles. The molecule has 0 spiro atoms. The average Bonchev–Trinajstić information content (AvgIpc) is 2.53. The molecule has 6 heteroatoms. The van der Waals surface area contributed by atoms with Gasteiger partial charge in [-0.15, -0.1) is 6.58 Å². The van der Waals surface area contributed by atoms with Gasteiger partial charge in [0.05, 0.1) is 13.7 Å². The fourth-order valence-electron chi connectivity index (χ4n) is 2.09. The van der Waals surface area contributed by atoms with Crippen LogP contribution in [0.4, 0.5) is 0 Å². The number of unbranched alkanes of at least 4 members (excludes halogenated alkanes) is 1. The second-order valence-electron chi connectivity index (χ2n) is 5.07. The second-order valence-corrected chi connectivity index (χ2v) is 5.07. The van der Waals surface area contributed by atoms with Crippen molar-refractivity contribution in [3.63, 3.8) is 0 Å². The van der Waals surface area contributed by atoms with Crippen molar-refractivity contribution in [2.45, 2.75) is 26.2 Å². The van der Waals surface area contributed by atoms with Crippen LogP contribution in [0.2, 0.25) is 0 Å². The van der Waals surface area contributed by atoms with E-state index in [0.717, 1.165) is 24.5 Å². The van der Waals surface area contributed by atoms with Crippen molar-refractivity contribution in [3.05, 3.63) is 41.5 Å². The van der Waals surface area contributed by atoms with Crippen molar-refractivity contribution in [2.75, 3.05) is 13.7 Å². The lowest BCUT2D eigenvalue weighted by Gasteiger charge is -2.15. The molecule has 0 radical (unpaired) electrons. The van der Waals surface area contributed by atoms with E-state index >= 15 is 0 Å². The van der Waals surface area contributed by atoms with Gasteiger partial charge in [0.25, 0.3) is 0 Å². The van der Waals surface area contributed by atoms with Crippen molar-refractivity contribution in [3.8, 4) is 11.5 Å². The number of ether oxygens (including phenoxy) is 2. The first-order valence-corrected chi connectivity index (χ1v) is 7.57. The third kappa shape index (κ3) is 5.15. The Hall–Kier alpha value is -2.76. The van der Waals surface area contributed by atoms with E-state index in [4.69, 9.17) is 19.7 Å². The molecule has 6 nitrogen and oxygen atoms in total. The smallest absolute Gasteiger partial charge is 0.343 e. The van der Waals surface area contributed by atoms with Gasteiger partial charge in [0.2, 0.25) is 0 Å². The normalized spacial score (nSPS) is 9.92. The molecule has 0 amide bonds. The lowest BCUT2D eigenvalue weighted by atomic mass is 10.0. The molecule has 0 aliphatic carbocycles. The zero-order chi connectivity index (χ0) is 18.1. The summed E-state index contributed by atoms with van der Waals surface area (Å²) in [5.41, 5.74) is 0.439. The van der Waals surface area contributed by atoms with Gasteiger partial charge in [-0.1, -0.05) is 19.4 Å². The largest absolute Gasteiger partial charge is 0.493 e. The van der Waals surface area contributed by atoms with Gasteiger partial charge in [-0.05, 0) is 36.6 Å². The fourth-order valence-corrected chi connectivity index (χ4v) is 2.09. The van der Waals surface area contributed by atoms with Gasteiger partial charge in [-0.2, -0.15) is 0 Å². The van der Waals surface area contributed by atoms with E-state index in [1.54, 1.807) is 18.2 Å². The quantitative estimate of drug-likeness (QED) is 0.224. The van der Waals surface area contributed by atoms with Gasteiger partial charge in [-0.25, -0.2) is 9.59 Å². The van der Waals surface area contributed by atoms with E-state index in [1.807, 2.05) is 0 Å². The van der Waals surface area contributed by atoms with Crippen LogP contribution in [0.25, 0.3) is 6.08 Å². The van der Waals surface area contributed by atoms with Gasteiger partial charge < -0.3 is 19.7 Å². The lowest BCUT2D eigenvalue weighted by Crippen LogP contribution is -2.11. The highest BCUT2D eigenvalue weighted by Crippen LogP contribution is 2.34. The molecule has 24 heavy (non-hydrogen) atoms. The molecule has 0 aliphatic heterocycles. The number of methoxy groups -OCH3 is 1. The Labute approximate surface area is 141 Å². The summed E-state index contributed by atoms with van der Waals surface area (Å²) >= 11 is 0. The van der Waals surface area contributed by atoms with E-state index in [1.165, 1.54) is 7.11 Å². The Balaban J connectivity index is 3.36. The number of carboxylic acid groups (broad SMARTS) is 2. The van der Waals surface area contributed by atoms with Gasteiger partial charge in [0.15, 0.2) is 11.5 Å². The predicted octanol–water partition coefficient (Wildman–Crippen LogP) is 3.16. The van der Waals surface area contributed by atoms with Crippen LogP contribution >= 0.6 is 0 Å². The summed E-state index contributed by atoms with van der Waals surface area (Å²) in [6.45, 7) is 6.28. The lowest BCUT2D eigenvalue weighted by molar-refractivity contribution is -0.140. The molecule has 0 aromatic heterocycles. The van der Waals surface area contributed by atoms with Crippen LogP contribution in [-0.2, 0) is 16.0 Å². The molecule has 0 saturated heterocycles. The molecule has 1 aromatic rings. The average molecular weight is 334 g/mol. The van der Waals surface area contributed by atoms with Gasteiger partial charge >= 0.3 is 11.9 Å². The number of hydrogen-bond acceptors (Lipinski definition) is 4. The van der Waals surface area contributed by atoms with E-state index in [9.17, 15) is 9.59 Å².